The molecule has 2 aromatic rings. The third kappa shape index (κ3) is 2.05. The molecule has 0 atom stereocenters. The number of hydrogen-bond donors (Lipinski definition) is 0. The van der Waals surface area contributed by atoms with Crippen LogP contribution in [0.25, 0.3) is 11.1 Å². The Morgan fingerprint density at radius 3 is 2.78 bits per heavy atom. The van der Waals surface area contributed by atoms with Crippen molar-refractivity contribution in [3.05, 3.63) is 34.3 Å². The van der Waals surface area contributed by atoms with Crippen molar-refractivity contribution in [1.29, 1.82) is 0 Å². The molecule has 18 heavy (non-hydrogen) atoms. The number of rotatable bonds is 4. The molecule has 4 nitrogen and oxygen atoms in total. The van der Waals surface area contributed by atoms with E-state index in [0.717, 1.165) is 6.42 Å². The van der Waals surface area contributed by atoms with Crippen LogP contribution in [-0.4, -0.2) is 16.8 Å². The molecule has 0 aliphatic rings. The lowest BCUT2D eigenvalue weighted by Crippen LogP contribution is -2.13. The highest BCUT2D eigenvalue weighted by molar-refractivity contribution is 6.00. The Bertz CT molecular complexity index is 642. The number of benzene rings is 1. The van der Waals surface area contributed by atoms with Crippen LogP contribution in [0.1, 0.15) is 23.7 Å². The fourth-order valence-corrected chi connectivity index (χ4v) is 1.78. The van der Waals surface area contributed by atoms with Gasteiger partial charge in [-0.15, -0.1) is 0 Å². The maximum absolute atomic E-state index is 12.3. The molecule has 2 rings (SSSR count). The molecule has 0 aliphatic carbocycles. The molecule has 1 heterocycles. The SMILES string of the molecule is CCCn1c(=O)oc2cc(C(=O)C(F)F)ccc21. The predicted molar refractivity (Wildman–Crippen MR) is 61.1 cm³/mol. The van der Waals surface area contributed by atoms with Crippen LogP contribution in [-0.2, 0) is 6.54 Å². The van der Waals surface area contributed by atoms with Crippen LogP contribution in [0.5, 0.6) is 0 Å². The molecular formula is C12H11F2NO3. The van der Waals surface area contributed by atoms with Crippen molar-refractivity contribution in [1.82, 2.24) is 4.57 Å². The summed E-state index contributed by atoms with van der Waals surface area (Å²) >= 11 is 0. The van der Waals surface area contributed by atoms with Gasteiger partial charge >= 0.3 is 12.2 Å². The highest BCUT2D eigenvalue weighted by atomic mass is 19.3. The first kappa shape index (κ1) is 12.5. The molecule has 0 N–H and O–H groups in total. The fourth-order valence-electron chi connectivity index (χ4n) is 1.78. The quantitative estimate of drug-likeness (QED) is 0.788. The standard InChI is InChI=1S/C12H11F2NO3/c1-2-5-15-8-4-3-7(10(16)11(13)14)6-9(8)18-12(15)17/h3-4,6,11H,2,5H2,1H3. The lowest BCUT2D eigenvalue weighted by molar-refractivity contribution is 0.0679. The average Bonchev–Trinajstić information content (AvgIpc) is 2.64. The summed E-state index contributed by atoms with van der Waals surface area (Å²) in [4.78, 5) is 22.6. The molecule has 0 saturated heterocycles. The lowest BCUT2D eigenvalue weighted by Gasteiger charge is -2.00. The minimum absolute atomic E-state index is 0.153. The van der Waals surface area contributed by atoms with Crippen molar-refractivity contribution < 1.29 is 18.0 Å². The largest absolute Gasteiger partial charge is 0.419 e. The monoisotopic (exact) mass is 255 g/mol. The molecule has 1 aromatic carbocycles. The summed E-state index contributed by atoms with van der Waals surface area (Å²) in [5, 5.41) is 0. The number of aryl methyl sites for hydroxylation is 1. The van der Waals surface area contributed by atoms with Gasteiger partial charge in [-0.3, -0.25) is 9.36 Å². The Kier molecular flexibility index (Phi) is 3.27. The van der Waals surface area contributed by atoms with Gasteiger partial charge in [0, 0.05) is 12.1 Å². The summed E-state index contributed by atoms with van der Waals surface area (Å²) in [5.41, 5.74) is 0.502. The van der Waals surface area contributed by atoms with Gasteiger partial charge in [0.1, 0.15) is 0 Å². The number of Topliss-reactive ketones (excluding diaryl/α,β-unsaturated/α-hetero) is 1. The third-order valence-corrected chi connectivity index (χ3v) is 2.60. The first-order valence-corrected chi connectivity index (χ1v) is 5.50. The van der Waals surface area contributed by atoms with Gasteiger partial charge in [-0.25, -0.2) is 13.6 Å². The van der Waals surface area contributed by atoms with E-state index >= 15 is 0 Å². The second kappa shape index (κ2) is 4.72. The molecule has 0 aliphatic heterocycles. The van der Waals surface area contributed by atoms with Crippen LogP contribution < -0.4 is 5.76 Å². The molecular weight excluding hydrogens is 244 g/mol. The van der Waals surface area contributed by atoms with E-state index in [1.807, 2.05) is 6.92 Å². The second-order valence-corrected chi connectivity index (χ2v) is 3.87. The average molecular weight is 255 g/mol. The van der Waals surface area contributed by atoms with Gasteiger partial charge in [-0.05, 0) is 24.6 Å². The van der Waals surface area contributed by atoms with E-state index in [9.17, 15) is 18.4 Å². The molecule has 0 fully saturated rings. The van der Waals surface area contributed by atoms with Crippen LogP contribution >= 0.6 is 0 Å². The summed E-state index contributed by atoms with van der Waals surface area (Å²) in [7, 11) is 0. The minimum atomic E-state index is -3.06. The number of carbonyl (C=O) groups excluding carboxylic acids is 1. The van der Waals surface area contributed by atoms with E-state index in [2.05, 4.69) is 0 Å². The van der Waals surface area contributed by atoms with Gasteiger partial charge in [0.25, 0.3) is 0 Å². The van der Waals surface area contributed by atoms with E-state index in [1.54, 1.807) is 0 Å². The number of alkyl halides is 2. The maximum Gasteiger partial charge on any atom is 0.419 e. The Morgan fingerprint density at radius 2 is 2.17 bits per heavy atom. The lowest BCUT2D eigenvalue weighted by atomic mass is 10.1. The van der Waals surface area contributed by atoms with E-state index < -0.39 is 18.0 Å². The van der Waals surface area contributed by atoms with Crippen molar-refractivity contribution in [2.45, 2.75) is 26.3 Å². The molecule has 1 aromatic heterocycles. The van der Waals surface area contributed by atoms with E-state index in [1.165, 1.54) is 22.8 Å². The Morgan fingerprint density at radius 1 is 1.44 bits per heavy atom. The molecule has 0 amide bonds. The van der Waals surface area contributed by atoms with Crippen LogP contribution in [0.2, 0.25) is 0 Å². The molecule has 0 bridgehead atoms. The van der Waals surface area contributed by atoms with Crippen LogP contribution in [0.15, 0.2) is 27.4 Å². The van der Waals surface area contributed by atoms with Crippen LogP contribution in [0.3, 0.4) is 0 Å². The van der Waals surface area contributed by atoms with Crippen LogP contribution in [0.4, 0.5) is 8.78 Å². The number of hydrogen-bond acceptors (Lipinski definition) is 3. The number of halogens is 2. The Labute approximate surface area is 101 Å². The molecule has 96 valence electrons. The van der Waals surface area contributed by atoms with Gasteiger partial charge in [-0.2, -0.15) is 0 Å². The number of oxazole rings is 1. The zero-order chi connectivity index (χ0) is 13.3. The van der Waals surface area contributed by atoms with Gasteiger partial charge in [-0.1, -0.05) is 6.92 Å². The predicted octanol–water partition coefficient (Wildman–Crippen LogP) is 2.45. The summed E-state index contributed by atoms with van der Waals surface area (Å²) in [6.45, 7) is 2.38. The number of nitrogens with zero attached hydrogens (tertiary/aromatic N) is 1. The molecule has 6 heteroatoms. The van der Waals surface area contributed by atoms with E-state index in [-0.39, 0.29) is 11.1 Å². The van der Waals surface area contributed by atoms with Gasteiger partial charge < -0.3 is 4.42 Å². The normalized spacial score (nSPS) is 11.3. The maximum atomic E-state index is 12.3. The topological polar surface area (TPSA) is 52.2 Å². The summed E-state index contributed by atoms with van der Waals surface area (Å²) in [6, 6.07) is 3.90. The molecule has 0 saturated carbocycles. The number of carbonyl (C=O) groups is 1. The van der Waals surface area contributed by atoms with Crippen molar-refractivity contribution in [3.63, 3.8) is 0 Å². The Balaban J connectivity index is 2.54. The van der Waals surface area contributed by atoms with Gasteiger partial charge in [0.2, 0.25) is 5.78 Å². The Hall–Kier alpha value is -1.98. The smallest absolute Gasteiger partial charge is 0.408 e. The number of ketones is 1. The first-order chi connectivity index (χ1) is 8.54. The first-order valence-electron chi connectivity index (χ1n) is 5.50. The van der Waals surface area contributed by atoms with E-state index in [4.69, 9.17) is 4.42 Å². The third-order valence-electron chi connectivity index (χ3n) is 2.60. The molecule has 0 spiro atoms. The van der Waals surface area contributed by atoms with Crippen molar-refractivity contribution in [2.75, 3.05) is 0 Å². The second-order valence-electron chi connectivity index (χ2n) is 3.87. The fraction of sp³-hybridized carbons (Fsp3) is 0.333. The van der Waals surface area contributed by atoms with Crippen molar-refractivity contribution in [2.24, 2.45) is 0 Å². The highest BCUT2D eigenvalue weighted by Gasteiger charge is 2.19. The zero-order valence-corrected chi connectivity index (χ0v) is 9.65. The molecule has 0 unspecified atom stereocenters. The summed E-state index contributed by atoms with van der Waals surface area (Å²) in [5.74, 6) is -1.82. The van der Waals surface area contributed by atoms with Crippen LogP contribution in [0, 0.1) is 0 Å². The van der Waals surface area contributed by atoms with Gasteiger partial charge in [0.15, 0.2) is 5.58 Å². The highest BCUT2D eigenvalue weighted by Crippen LogP contribution is 2.17. The minimum Gasteiger partial charge on any atom is -0.408 e. The van der Waals surface area contributed by atoms with Gasteiger partial charge in [0.05, 0.1) is 5.52 Å². The molecule has 0 radical (unpaired) electrons. The number of fused-ring (bicyclic) bond motifs is 1. The summed E-state index contributed by atoms with van der Waals surface area (Å²) in [6.07, 6.45) is -2.32. The summed E-state index contributed by atoms with van der Waals surface area (Å²) < 4.78 is 30.9. The van der Waals surface area contributed by atoms with Crippen molar-refractivity contribution in [3.8, 4) is 0 Å². The van der Waals surface area contributed by atoms with E-state index in [0.29, 0.717) is 12.1 Å². The number of aromatic nitrogens is 1. The zero-order valence-electron chi connectivity index (χ0n) is 9.65. The van der Waals surface area contributed by atoms with Crippen molar-refractivity contribution >= 4 is 16.9 Å².